The van der Waals surface area contributed by atoms with E-state index in [1.165, 1.54) is 18.3 Å². The SMILES string of the molecule is NCc1cnn(-c2cccc(C(F)(F)F)c2)n1. The fourth-order valence-corrected chi connectivity index (χ4v) is 1.32. The average molecular weight is 242 g/mol. The molecule has 1 heterocycles. The van der Waals surface area contributed by atoms with Crippen LogP contribution in [0.1, 0.15) is 11.3 Å². The number of nitrogens with zero attached hydrogens (tertiary/aromatic N) is 3. The van der Waals surface area contributed by atoms with E-state index in [-0.39, 0.29) is 12.2 Å². The quantitative estimate of drug-likeness (QED) is 0.872. The molecule has 0 unspecified atom stereocenters. The van der Waals surface area contributed by atoms with Gasteiger partial charge < -0.3 is 5.73 Å². The molecule has 2 rings (SSSR count). The maximum absolute atomic E-state index is 12.5. The van der Waals surface area contributed by atoms with Crippen molar-refractivity contribution in [2.75, 3.05) is 0 Å². The molecular formula is C10H9F3N4. The lowest BCUT2D eigenvalue weighted by atomic mass is 10.2. The summed E-state index contributed by atoms with van der Waals surface area (Å²) in [5, 5.41) is 7.77. The highest BCUT2D eigenvalue weighted by atomic mass is 19.4. The number of hydrogen-bond donors (Lipinski definition) is 1. The van der Waals surface area contributed by atoms with Crippen LogP contribution in [0.5, 0.6) is 0 Å². The Balaban J connectivity index is 2.39. The third kappa shape index (κ3) is 2.44. The Hall–Kier alpha value is -1.89. The first kappa shape index (κ1) is 11.6. The number of aromatic nitrogens is 3. The number of halogens is 3. The summed E-state index contributed by atoms with van der Waals surface area (Å²) in [6.45, 7) is 0.193. The number of benzene rings is 1. The molecule has 0 amide bonds. The zero-order chi connectivity index (χ0) is 12.5. The first-order chi connectivity index (χ1) is 8.00. The van der Waals surface area contributed by atoms with Crippen LogP contribution in [0.2, 0.25) is 0 Å². The third-order valence-electron chi connectivity index (χ3n) is 2.15. The summed E-state index contributed by atoms with van der Waals surface area (Å²) in [6, 6.07) is 4.79. The van der Waals surface area contributed by atoms with Crippen LogP contribution in [0, 0.1) is 0 Å². The van der Waals surface area contributed by atoms with Crippen LogP contribution in [0.15, 0.2) is 30.5 Å². The maximum atomic E-state index is 12.5. The van der Waals surface area contributed by atoms with E-state index in [1.807, 2.05) is 0 Å². The molecule has 0 spiro atoms. The van der Waals surface area contributed by atoms with Crippen molar-refractivity contribution in [1.29, 1.82) is 0 Å². The van der Waals surface area contributed by atoms with E-state index in [2.05, 4.69) is 10.2 Å². The summed E-state index contributed by atoms with van der Waals surface area (Å²) >= 11 is 0. The van der Waals surface area contributed by atoms with E-state index in [4.69, 9.17) is 5.73 Å². The van der Waals surface area contributed by atoms with Crippen molar-refractivity contribution in [3.8, 4) is 5.69 Å². The predicted octanol–water partition coefficient (Wildman–Crippen LogP) is 1.74. The minimum Gasteiger partial charge on any atom is -0.325 e. The number of nitrogens with two attached hydrogens (primary N) is 1. The summed E-state index contributed by atoms with van der Waals surface area (Å²) in [4.78, 5) is 1.12. The molecule has 0 saturated heterocycles. The first-order valence-electron chi connectivity index (χ1n) is 4.79. The van der Waals surface area contributed by atoms with Crippen LogP contribution < -0.4 is 5.73 Å². The summed E-state index contributed by atoms with van der Waals surface area (Å²) < 4.78 is 37.5. The van der Waals surface area contributed by atoms with Gasteiger partial charge in [0, 0.05) is 6.54 Å². The second-order valence-corrected chi connectivity index (χ2v) is 3.38. The molecule has 2 aromatic rings. The normalized spacial score (nSPS) is 11.8. The smallest absolute Gasteiger partial charge is 0.325 e. The molecule has 0 fully saturated rings. The first-order valence-corrected chi connectivity index (χ1v) is 4.79. The van der Waals surface area contributed by atoms with Crippen molar-refractivity contribution in [1.82, 2.24) is 15.0 Å². The predicted molar refractivity (Wildman–Crippen MR) is 54.3 cm³/mol. The van der Waals surface area contributed by atoms with Crippen LogP contribution in [0.4, 0.5) is 13.2 Å². The van der Waals surface area contributed by atoms with Gasteiger partial charge in [-0.25, -0.2) is 0 Å². The van der Waals surface area contributed by atoms with Crippen LogP contribution in [0.3, 0.4) is 0 Å². The van der Waals surface area contributed by atoms with Crippen molar-refractivity contribution >= 4 is 0 Å². The van der Waals surface area contributed by atoms with Gasteiger partial charge in [0.25, 0.3) is 0 Å². The fourth-order valence-electron chi connectivity index (χ4n) is 1.32. The Bertz CT molecular complexity index is 518. The molecule has 0 saturated carbocycles. The molecule has 0 aliphatic rings. The second kappa shape index (κ2) is 4.17. The third-order valence-corrected chi connectivity index (χ3v) is 2.15. The Morgan fingerprint density at radius 3 is 2.65 bits per heavy atom. The molecule has 17 heavy (non-hydrogen) atoms. The van der Waals surface area contributed by atoms with Gasteiger partial charge in [-0.15, -0.1) is 0 Å². The molecule has 0 aliphatic heterocycles. The van der Waals surface area contributed by atoms with Gasteiger partial charge in [-0.3, -0.25) is 0 Å². The zero-order valence-corrected chi connectivity index (χ0v) is 8.65. The van der Waals surface area contributed by atoms with E-state index < -0.39 is 11.7 Å². The number of alkyl halides is 3. The van der Waals surface area contributed by atoms with E-state index in [0.717, 1.165) is 16.9 Å². The molecular weight excluding hydrogens is 233 g/mol. The molecule has 4 nitrogen and oxygen atoms in total. The Kier molecular flexibility index (Phi) is 2.84. The molecule has 0 bridgehead atoms. The lowest BCUT2D eigenvalue weighted by Gasteiger charge is -2.07. The molecule has 0 aliphatic carbocycles. The van der Waals surface area contributed by atoms with Crippen LogP contribution in [0.25, 0.3) is 5.69 Å². The van der Waals surface area contributed by atoms with Gasteiger partial charge in [-0.1, -0.05) is 6.07 Å². The van der Waals surface area contributed by atoms with E-state index in [0.29, 0.717) is 5.69 Å². The molecule has 90 valence electrons. The molecule has 0 atom stereocenters. The van der Waals surface area contributed by atoms with E-state index >= 15 is 0 Å². The van der Waals surface area contributed by atoms with Gasteiger partial charge in [0.2, 0.25) is 0 Å². The molecule has 0 radical (unpaired) electrons. The summed E-state index contributed by atoms with van der Waals surface area (Å²) in [7, 11) is 0. The van der Waals surface area contributed by atoms with Gasteiger partial charge in [-0.2, -0.15) is 28.2 Å². The molecule has 7 heteroatoms. The highest BCUT2D eigenvalue weighted by Gasteiger charge is 2.30. The lowest BCUT2D eigenvalue weighted by Crippen LogP contribution is -2.07. The summed E-state index contributed by atoms with van der Waals surface area (Å²) in [5.74, 6) is 0. The summed E-state index contributed by atoms with van der Waals surface area (Å²) in [6.07, 6.45) is -2.96. The Morgan fingerprint density at radius 1 is 1.29 bits per heavy atom. The van der Waals surface area contributed by atoms with Crippen molar-refractivity contribution < 1.29 is 13.2 Å². The van der Waals surface area contributed by atoms with Gasteiger partial charge in [-0.05, 0) is 18.2 Å². The topological polar surface area (TPSA) is 56.7 Å². The fraction of sp³-hybridized carbons (Fsp3) is 0.200. The van der Waals surface area contributed by atoms with Crippen molar-refractivity contribution in [2.45, 2.75) is 12.7 Å². The molecule has 1 aromatic heterocycles. The number of rotatable bonds is 2. The average Bonchev–Trinajstić information content (AvgIpc) is 2.76. The van der Waals surface area contributed by atoms with Crippen LogP contribution in [-0.4, -0.2) is 15.0 Å². The standard InChI is InChI=1S/C10H9F3N4/c11-10(12,13)7-2-1-3-9(4-7)17-15-6-8(5-14)16-17/h1-4,6H,5,14H2. The summed E-state index contributed by atoms with van der Waals surface area (Å²) in [5.41, 5.74) is 5.38. The van der Waals surface area contributed by atoms with E-state index in [9.17, 15) is 13.2 Å². The minimum atomic E-state index is -4.38. The van der Waals surface area contributed by atoms with Gasteiger partial charge in [0.1, 0.15) is 0 Å². The monoisotopic (exact) mass is 242 g/mol. The largest absolute Gasteiger partial charge is 0.416 e. The zero-order valence-electron chi connectivity index (χ0n) is 8.65. The van der Waals surface area contributed by atoms with Gasteiger partial charge in [0.05, 0.1) is 23.1 Å². The minimum absolute atomic E-state index is 0.193. The van der Waals surface area contributed by atoms with Crippen molar-refractivity contribution in [2.24, 2.45) is 5.73 Å². The lowest BCUT2D eigenvalue weighted by molar-refractivity contribution is -0.137. The highest BCUT2D eigenvalue weighted by molar-refractivity contribution is 5.35. The van der Waals surface area contributed by atoms with Gasteiger partial charge in [0.15, 0.2) is 0 Å². The molecule has 1 aromatic carbocycles. The Morgan fingerprint density at radius 2 is 2.06 bits per heavy atom. The van der Waals surface area contributed by atoms with Crippen molar-refractivity contribution in [3.05, 3.63) is 41.7 Å². The molecule has 2 N–H and O–H groups in total. The Labute approximate surface area is 94.9 Å². The van der Waals surface area contributed by atoms with Crippen LogP contribution >= 0.6 is 0 Å². The van der Waals surface area contributed by atoms with Crippen molar-refractivity contribution in [3.63, 3.8) is 0 Å². The van der Waals surface area contributed by atoms with Gasteiger partial charge >= 0.3 is 6.18 Å². The second-order valence-electron chi connectivity index (χ2n) is 3.38. The highest BCUT2D eigenvalue weighted by Crippen LogP contribution is 2.29. The van der Waals surface area contributed by atoms with E-state index in [1.54, 1.807) is 0 Å². The van der Waals surface area contributed by atoms with Crippen LogP contribution in [-0.2, 0) is 12.7 Å². The number of hydrogen-bond acceptors (Lipinski definition) is 3. The maximum Gasteiger partial charge on any atom is 0.416 e.